The highest BCUT2D eigenvalue weighted by Gasteiger charge is 2.33. The minimum atomic E-state index is -4.65. The molecular formula is C21H17F3N2O3S. The van der Waals surface area contributed by atoms with Crippen molar-refractivity contribution >= 4 is 27.3 Å². The number of halogens is 3. The van der Waals surface area contributed by atoms with Crippen LogP contribution in [-0.2, 0) is 16.2 Å². The quantitative estimate of drug-likeness (QED) is 0.628. The maximum atomic E-state index is 13.1. The first-order valence-electron chi connectivity index (χ1n) is 8.72. The summed E-state index contributed by atoms with van der Waals surface area (Å²) in [6, 6.07) is 18.0. The van der Waals surface area contributed by atoms with Gasteiger partial charge in [0, 0.05) is 12.6 Å². The molecule has 0 radical (unpaired) electrons. The number of hydrogen-bond donors (Lipinski definition) is 1. The third-order valence-electron chi connectivity index (χ3n) is 4.36. The Bertz CT molecular complexity index is 1160. The van der Waals surface area contributed by atoms with E-state index in [1.807, 2.05) is 0 Å². The summed E-state index contributed by atoms with van der Waals surface area (Å²) in [6.07, 6.45) is -4.65. The maximum absolute atomic E-state index is 13.1. The molecule has 1 N–H and O–H groups in total. The van der Waals surface area contributed by atoms with Gasteiger partial charge in [0.25, 0.3) is 15.9 Å². The smallest absolute Gasteiger partial charge is 0.321 e. The van der Waals surface area contributed by atoms with Crippen LogP contribution < -0.4 is 9.62 Å². The number of hydrogen-bond acceptors (Lipinski definition) is 3. The molecule has 5 nitrogen and oxygen atoms in total. The zero-order valence-electron chi connectivity index (χ0n) is 15.7. The molecule has 0 unspecified atom stereocenters. The van der Waals surface area contributed by atoms with Gasteiger partial charge in [0.2, 0.25) is 0 Å². The number of alkyl halides is 3. The minimum absolute atomic E-state index is 0.0884. The molecule has 0 aliphatic rings. The summed E-state index contributed by atoms with van der Waals surface area (Å²) in [5.74, 6) is -0.855. The van der Waals surface area contributed by atoms with Gasteiger partial charge in [0.15, 0.2) is 0 Å². The lowest BCUT2D eigenvalue weighted by Crippen LogP contribution is -2.26. The van der Waals surface area contributed by atoms with Crippen molar-refractivity contribution in [2.24, 2.45) is 0 Å². The fraction of sp³-hybridized carbons (Fsp3) is 0.0952. The SMILES string of the molecule is CN(c1ccccc1)S(=O)(=O)c1cccc(C(=O)Nc2ccccc2C(F)(F)F)c1. The number of nitrogens with zero attached hydrogens (tertiary/aromatic N) is 1. The predicted octanol–water partition coefficient (Wildman–Crippen LogP) is 4.78. The van der Waals surface area contributed by atoms with E-state index in [2.05, 4.69) is 5.32 Å². The number of nitrogens with one attached hydrogen (secondary N) is 1. The Labute approximate surface area is 171 Å². The number of para-hydroxylation sites is 2. The molecule has 0 aliphatic carbocycles. The van der Waals surface area contributed by atoms with Gasteiger partial charge in [0.05, 0.1) is 21.8 Å². The zero-order valence-corrected chi connectivity index (χ0v) is 16.5. The molecule has 0 saturated heterocycles. The van der Waals surface area contributed by atoms with Crippen LogP contribution in [-0.4, -0.2) is 21.4 Å². The molecule has 156 valence electrons. The number of rotatable bonds is 5. The van der Waals surface area contributed by atoms with Gasteiger partial charge in [-0.2, -0.15) is 13.2 Å². The van der Waals surface area contributed by atoms with E-state index < -0.39 is 33.4 Å². The summed E-state index contributed by atoms with van der Waals surface area (Å²) in [7, 11) is -2.61. The van der Waals surface area contributed by atoms with Crippen LogP contribution in [0.4, 0.5) is 24.5 Å². The third kappa shape index (κ3) is 4.46. The van der Waals surface area contributed by atoms with Crippen LogP contribution in [0, 0.1) is 0 Å². The fourth-order valence-corrected chi connectivity index (χ4v) is 4.01. The van der Waals surface area contributed by atoms with Gasteiger partial charge < -0.3 is 5.32 Å². The Balaban J connectivity index is 1.90. The highest BCUT2D eigenvalue weighted by Crippen LogP contribution is 2.34. The topological polar surface area (TPSA) is 66.5 Å². The second-order valence-corrected chi connectivity index (χ2v) is 8.30. The second-order valence-electron chi connectivity index (χ2n) is 6.33. The molecule has 1 amide bonds. The first-order valence-corrected chi connectivity index (χ1v) is 10.2. The van der Waals surface area contributed by atoms with E-state index in [0.717, 1.165) is 22.5 Å². The van der Waals surface area contributed by atoms with E-state index in [-0.39, 0.29) is 10.5 Å². The maximum Gasteiger partial charge on any atom is 0.418 e. The van der Waals surface area contributed by atoms with E-state index in [9.17, 15) is 26.4 Å². The van der Waals surface area contributed by atoms with Crippen LogP contribution in [0.5, 0.6) is 0 Å². The van der Waals surface area contributed by atoms with E-state index in [1.165, 1.54) is 37.4 Å². The zero-order chi connectivity index (χ0) is 21.9. The lowest BCUT2D eigenvalue weighted by atomic mass is 10.1. The average Bonchev–Trinajstić information content (AvgIpc) is 2.73. The van der Waals surface area contributed by atoms with Crippen molar-refractivity contribution in [3.63, 3.8) is 0 Å². The highest BCUT2D eigenvalue weighted by atomic mass is 32.2. The summed E-state index contributed by atoms with van der Waals surface area (Å²) in [5, 5.41) is 2.21. The van der Waals surface area contributed by atoms with Crippen molar-refractivity contribution in [1.82, 2.24) is 0 Å². The molecule has 0 fully saturated rings. The van der Waals surface area contributed by atoms with Crippen molar-refractivity contribution in [3.05, 3.63) is 90.0 Å². The fourth-order valence-electron chi connectivity index (χ4n) is 2.77. The van der Waals surface area contributed by atoms with Crippen LogP contribution in [0.1, 0.15) is 15.9 Å². The van der Waals surface area contributed by atoms with E-state index >= 15 is 0 Å². The molecule has 3 aromatic rings. The van der Waals surface area contributed by atoms with Crippen LogP contribution in [0.2, 0.25) is 0 Å². The molecule has 0 spiro atoms. The van der Waals surface area contributed by atoms with Gasteiger partial charge >= 0.3 is 6.18 Å². The first kappa shape index (κ1) is 21.4. The van der Waals surface area contributed by atoms with Crippen LogP contribution >= 0.6 is 0 Å². The Morgan fingerprint density at radius 1 is 0.900 bits per heavy atom. The lowest BCUT2D eigenvalue weighted by Gasteiger charge is -2.20. The molecule has 3 rings (SSSR count). The van der Waals surface area contributed by atoms with Crippen molar-refractivity contribution in [1.29, 1.82) is 0 Å². The first-order chi connectivity index (χ1) is 14.1. The summed E-state index contributed by atoms with van der Waals surface area (Å²) in [5.41, 5.74) is -1.07. The summed E-state index contributed by atoms with van der Waals surface area (Å²) < 4.78 is 66.3. The van der Waals surface area contributed by atoms with Gasteiger partial charge in [-0.15, -0.1) is 0 Å². The normalized spacial score (nSPS) is 11.7. The monoisotopic (exact) mass is 434 g/mol. The molecule has 0 aliphatic heterocycles. The third-order valence-corrected chi connectivity index (χ3v) is 6.14. The number of anilines is 2. The Morgan fingerprint density at radius 2 is 1.53 bits per heavy atom. The van der Waals surface area contributed by atoms with Crippen molar-refractivity contribution in [2.45, 2.75) is 11.1 Å². The summed E-state index contributed by atoms with van der Waals surface area (Å²) >= 11 is 0. The number of benzene rings is 3. The second kappa shape index (κ2) is 8.19. The van der Waals surface area contributed by atoms with E-state index in [0.29, 0.717) is 5.69 Å². The van der Waals surface area contributed by atoms with E-state index in [4.69, 9.17) is 0 Å². The number of carbonyl (C=O) groups is 1. The van der Waals surface area contributed by atoms with Gasteiger partial charge in [-0.1, -0.05) is 36.4 Å². The number of sulfonamides is 1. The van der Waals surface area contributed by atoms with Gasteiger partial charge in [-0.25, -0.2) is 8.42 Å². The largest absolute Gasteiger partial charge is 0.418 e. The van der Waals surface area contributed by atoms with Crippen LogP contribution in [0.25, 0.3) is 0 Å². The highest BCUT2D eigenvalue weighted by molar-refractivity contribution is 7.92. The van der Waals surface area contributed by atoms with Gasteiger partial charge in [0.1, 0.15) is 0 Å². The molecule has 9 heteroatoms. The number of amides is 1. The molecule has 30 heavy (non-hydrogen) atoms. The van der Waals surface area contributed by atoms with Crippen LogP contribution in [0.15, 0.2) is 83.8 Å². The minimum Gasteiger partial charge on any atom is -0.321 e. The van der Waals surface area contributed by atoms with Crippen molar-refractivity contribution in [2.75, 3.05) is 16.7 Å². The van der Waals surface area contributed by atoms with Crippen molar-refractivity contribution in [3.8, 4) is 0 Å². The Morgan fingerprint density at radius 3 is 2.20 bits per heavy atom. The Hall–Kier alpha value is -3.33. The molecule has 0 heterocycles. The number of carbonyl (C=O) groups excluding carboxylic acids is 1. The summed E-state index contributed by atoms with van der Waals surface area (Å²) in [6.45, 7) is 0. The van der Waals surface area contributed by atoms with Crippen LogP contribution in [0.3, 0.4) is 0 Å². The molecule has 0 saturated carbocycles. The van der Waals surface area contributed by atoms with Crippen molar-refractivity contribution < 1.29 is 26.4 Å². The predicted molar refractivity (Wildman–Crippen MR) is 108 cm³/mol. The Kier molecular flexibility index (Phi) is 5.84. The average molecular weight is 434 g/mol. The summed E-state index contributed by atoms with van der Waals surface area (Å²) in [4.78, 5) is 12.4. The standard InChI is InChI=1S/C21H17F3N2O3S/c1-26(16-9-3-2-4-10-16)30(28,29)17-11-7-8-15(14-17)20(27)25-19-13-6-5-12-18(19)21(22,23)24/h2-14H,1H3,(H,25,27). The molecular weight excluding hydrogens is 417 g/mol. The molecule has 0 bridgehead atoms. The van der Waals surface area contributed by atoms with Gasteiger partial charge in [-0.05, 0) is 42.5 Å². The lowest BCUT2D eigenvalue weighted by molar-refractivity contribution is -0.136. The van der Waals surface area contributed by atoms with E-state index in [1.54, 1.807) is 30.3 Å². The molecule has 0 atom stereocenters. The molecule has 3 aromatic carbocycles. The molecule has 0 aromatic heterocycles. The van der Waals surface area contributed by atoms with Gasteiger partial charge in [-0.3, -0.25) is 9.10 Å².